The molecule has 0 unspecified atom stereocenters. The Morgan fingerprint density at radius 3 is 2.22 bits per heavy atom. The fourth-order valence-corrected chi connectivity index (χ4v) is 6.23. The number of rotatable bonds is 12. The van der Waals surface area contributed by atoms with Gasteiger partial charge in [0.25, 0.3) is 5.91 Å². The molecule has 0 spiro atoms. The van der Waals surface area contributed by atoms with E-state index in [0.29, 0.717) is 38.2 Å². The standard InChI is InChI=1S/C39H41N5O5/c1-47-39(46)44(38(45)37(40)36(29-11-4-2-5-12-29)30-13-6-3-7-14-30)35-15-9-8-10-28(35)16-19-33-24-42-25-34(49-33)26-48-32-20-17-31(18-21-32)43-23-22-41-27-43/h2-15,17-18,20-23,27,33-34,36-37,42H,16,19,24-26,40H2,1H3/t33-,34+,37+/m1/s1. The molecule has 1 aromatic heterocycles. The summed E-state index contributed by atoms with van der Waals surface area (Å²) in [4.78, 5) is 32.7. The molecule has 252 valence electrons. The number of amides is 2. The first kappa shape index (κ1) is 33.6. The molecule has 10 heteroatoms. The molecule has 4 aromatic carbocycles. The molecule has 2 heterocycles. The van der Waals surface area contributed by atoms with Crippen molar-refractivity contribution in [3.63, 3.8) is 0 Å². The van der Waals surface area contributed by atoms with Gasteiger partial charge in [0, 0.05) is 37.1 Å². The van der Waals surface area contributed by atoms with Gasteiger partial charge in [-0.05, 0) is 59.9 Å². The van der Waals surface area contributed by atoms with Crippen molar-refractivity contribution >= 4 is 17.7 Å². The van der Waals surface area contributed by atoms with Gasteiger partial charge >= 0.3 is 6.09 Å². The largest absolute Gasteiger partial charge is 0.491 e. The SMILES string of the molecule is COC(=O)N(C(=O)[C@@H](N)C(c1ccccc1)c1ccccc1)c1ccccc1CC[C@@H]1CNC[C@@H](COc2ccc(-n3ccnc3)cc2)O1. The molecule has 0 aliphatic carbocycles. The van der Waals surface area contributed by atoms with Crippen molar-refractivity contribution in [1.29, 1.82) is 0 Å². The van der Waals surface area contributed by atoms with Crippen LogP contribution in [0.2, 0.25) is 0 Å². The number of carbonyl (C=O) groups is 2. The summed E-state index contributed by atoms with van der Waals surface area (Å²) in [6.07, 6.45) is 5.58. The molecule has 2 amide bonds. The average Bonchev–Trinajstić information content (AvgIpc) is 3.70. The van der Waals surface area contributed by atoms with Gasteiger partial charge in [-0.3, -0.25) is 4.79 Å². The number of aryl methyl sites for hydroxylation is 1. The topological polar surface area (TPSA) is 121 Å². The van der Waals surface area contributed by atoms with Crippen molar-refractivity contribution in [3.05, 3.63) is 145 Å². The molecule has 10 nitrogen and oxygen atoms in total. The van der Waals surface area contributed by atoms with Crippen LogP contribution in [0.25, 0.3) is 5.69 Å². The molecule has 0 radical (unpaired) electrons. The fraction of sp³-hybridized carbons (Fsp3) is 0.256. The summed E-state index contributed by atoms with van der Waals surface area (Å²) in [5.41, 5.74) is 10.8. The Morgan fingerprint density at radius 1 is 0.918 bits per heavy atom. The molecule has 1 saturated heterocycles. The van der Waals surface area contributed by atoms with Gasteiger partial charge in [-0.2, -0.15) is 0 Å². The lowest BCUT2D eigenvalue weighted by molar-refractivity contribution is -0.119. The Kier molecular flexibility index (Phi) is 11.1. The number of benzene rings is 4. The Hall–Kier alpha value is -5.29. The van der Waals surface area contributed by atoms with Gasteiger partial charge in [-0.25, -0.2) is 14.7 Å². The third-order valence-corrected chi connectivity index (χ3v) is 8.71. The lowest BCUT2D eigenvalue weighted by Crippen LogP contribution is -2.50. The third kappa shape index (κ3) is 8.24. The van der Waals surface area contributed by atoms with E-state index in [1.165, 1.54) is 7.11 Å². The molecule has 1 fully saturated rings. The normalized spacial score (nSPS) is 16.6. The van der Waals surface area contributed by atoms with Gasteiger partial charge in [-0.15, -0.1) is 0 Å². The molecule has 5 aromatic rings. The van der Waals surface area contributed by atoms with E-state index in [1.807, 2.05) is 108 Å². The first-order valence-electron chi connectivity index (χ1n) is 16.4. The maximum absolute atomic E-state index is 14.2. The lowest BCUT2D eigenvalue weighted by Gasteiger charge is -2.32. The van der Waals surface area contributed by atoms with Crippen LogP contribution in [0.3, 0.4) is 0 Å². The molecule has 3 N–H and O–H groups in total. The van der Waals surface area contributed by atoms with Crippen molar-refractivity contribution < 1.29 is 23.8 Å². The van der Waals surface area contributed by atoms with E-state index in [-0.39, 0.29) is 12.2 Å². The maximum Gasteiger partial charge on any atom is 0.420 e. The number of carbonyl (C=O) groups excluding carboxylic acids is 2. The Morgan fingerprint density at radius 2 is 1.57 bits per heavy atom. The number of ether oxygens (including phenoxy) is 3. The molecule has 6 rings (SSSR count). The van der Waals surface area contributed by atoms with Gasteiger partial charge in [0.2, 0.25) is 0 Å². The first-order chi connectivity index (χ1) is 24.0. The molecule has 0 saturated carbocycles. The number of methoxy groups -OCH3 is 1. The molecular weight excluding hydrogens is 618 g/mol. The highest BCUT2D eigenvalue weighted by Crippen LogP contribution is 2.31. The zero-order valence-corrected chi connectivity index (χ0v) is 27.4. The highest BCUT2D eigenvalue weighted by atomic mass is 16.5. The molecule has 1 aliphatic heterocycles. The van der Waals surface area contributed by atoms with Gasteiger partial charge in [0.15, 0.2) is 0 Å². The Labute approximate surface area is 286 Å². The summed E-state index contributed by atoms with van der Waals surface area (Å²) in [5.74, 6) is -0.274. The number of nitrogens with one attached hydrogen (secondary N) is 1. The highest BCUT2D eigenvalue weighted by molar-refractivity contribution is 6.15. The van der Waals surface area contributed by atoms with Crippen LogP contribution in [-0.2, 0) is 20.7 Å². The van der Waals surface area contributed by atoms with Crippen LogP contribution in [0.15, 0.2) is 128 Å². The maximum atomic E-state index is 14.2. The van der Waals surface area contributed by atoms with Crippen molar-refractivity contribution in [3.8, 4) is 11.4 Å². The fourth-order valence-electron chi connectivity index (χ4n) is 6.23. The second-order valence-electron chi connectivity index (χ2n) is 11.9. The molecular formula is C39H41N5O5. The summed E-state index contributed by atoms with van der Waals surface area (Å²) in [6, 6.07) is 33.4. The Balaban J connectivity index is 1.13. The summed E-state index contributed by atoms with van der Waals surface area (Å²) in [7, 11) is 1.26. The zero-order valence-electron chi connectivity index (χ0n) is 27.4. The van der Waals surface area contributed by atoms with E-state index in [4.69, 9.17) is 19.9 Å². The predicted molar refractivity (Wildman–Crippen MR) is 188 cm³/mol. The first-order valence-corrected chi connectivity index (χ1v) is 16.4. The van der Waals surface area contributed by atoms with E-state index in [0.717, 1.165) is 33.0 Å². The van der Waals surface area contributed by atoms with Crippen molar-refractivity contribution in [1.82, 2.24) is 14.9 Å². The number of nitrogens with two attached hydrogens (primary N) is 1. The number of nitrogens with zero attached hydrogens (tertiary/aromatic N) is 3. The molecule has 0 bridgehead atoms. The summed E-state index contributed by atoms with van der Waals surface area (Å²) < 4.78 is 19.5. The number of morpholine rings is 1. The number of hydrogen-bond donors (Lipinski definition) is 2. The minimum absolute atomic E-state index is 0.0934. The van der Waals surface area contributed by atoms with Crippen molar-refractivity contribution in [2.45, 2.75) is 37.0 Å². The number of hydrogen-bond acceptors (Lipinski definition) is 8. The van der Waals surface area contributed by atoms with Gasteiger partial charge < -0.3 is 29.8 Å². The molecule has 49 heavy (non-hydrogen) atoms. The van der Waals surface area contributed by atoms with E-state index in [9.17, 15) is 9.59 Å². The monoisotopic (exact) mass is 659 g/mol. The van der Waals surface area contributed by atoms with Crippen LogP contribution >= 0.6 is 0 Å². The summed E-state index contributed by atoms with van der Waals surface area (Å²) in [6.45, 7) is 1.75. The van der Waals surface area contributed by atoms with E-state index in [2.05, 4.69) is 10.3 Å². The number of imide groups is 1. The van der Waals surface area contributed by atoms with Crippen molar-refractivity contribution in [2.24, 2.45) is 5.73 Å². The number of para-hydroxylation sites is 1. The number of anilines is 1. The Bertz CT molecular complexity index is 1740. The van der Waals surface area contributed by atoms with Crippen LogP contribution in [0.4, 0.5) is 10.5 Å². The van der Waals surface area contributed by atoms with Crippen LogP contribution in [-0.4, -0.2) is 66.6 Å². The quantitative estimate of drug-likeness (QED) is 0.180. The van der Waals surface area contributed by atoms with Crippen LogP contribution in [0.1, 0.15) is 29.0 Å². The molecule has 3 atom stereocenters. The minimum Gasteiger partial charge on any atom is -0.491 e. The van der Waals surface area contributed by atoms with Crippen molar-refractivity contribution in [2.75, 3.05) is 31.7 Å². The van der Waals surface area contributed by atoms with E-state index >= 15 is 0 Å². The van der Waals surface area contributed by atoms with E-state index < -0.39 is 24.0 Å². The second kappa shape index (κ2) is 16.2. The summed E-state index contributed by atoms with van der Waals surface area (Å²) in [5, 5.41) is 3.46. The highest BCUT2D eigenvalue weighted by Gasteiger charge is 2.36. The minimum atomic E-state index is -1.06. The predicted octanol–water partition coefficient (Wildman–Crippen LogP) is 5.50. The van der Waals surface area contributed by atoms with Crippen LogP contribution in [0, 0.1) is 0 Å². The van der Waals surface area contributed by atoms with Crippen LogP contribution in [0.5, 0.6) is 5.75 Å². The lowest BCUT2D eigenvalue weighted by atomic mass is 9.84. The number of aromatic nitrogens is 2. The second-order valence-corrected chi connectivity index (χ2v) is 11.9. The smallest absolute Gasteiger partial charge is 0.420 e. The zero-order chi connectivity index (χ0) is 34.0. The van der Waals surface area contributed by atoms with Gasteiger partial charge in [0.05, 0.1) is 31.3 Å². The average molecular weight is 660 g/mol. The van der Waals surface area contributed by atoms with E-state index in [1.54, 1.807) is 24.7 Å². The van der Waals surface area contributed by atoms with Crippen LogP contribution < -0.4 is 20.7 Å². The number of imidazole rings is 1. The van der Waals surface area contributed by atoms with Gasteiger partial charge in [-0.1, -0.05) is 78.9 Å². The summed E-state index contributed by atoms with van der Waals surface area (Å²) >= 11 is 0. The molecule has 1 aliphatic rings. The third-order valence-electron chi connectivity index (χ3n) is 8.71. The van der Waals surface area contributed by atoms with Gasteiger partial charge in [0.1, 0.15) is 18.5 Å².